The average Bonchev–Trinajstić information content (AvgIpc) is 2.80. The van der Waals surface area contributed by atoms with E-state index in [4.69, 9.17) is 27.9 Å². The van der Waals surface area contributed by atoms with Crippen molar-refractivity contribution in [3.8, 4) is 5.75 Å². The second-order valence-corrected chi connectivity index (χ2v) is 6.07. The number of benzene rings is 1. The Bertz CT molecular complexity index is 533. The Balaban J connectivity index is 1.88. The highest BCUT2D eigenvalue weighted by Gasteiger charge is 2.04. The number of nitrogens with zero attached hydrogens (tertiary/aromatic N) is 1. The first-order valence-electron chi connectivity index (χ1n) is 5.26. The molecule has 2 rings (SSSR count). The molecule has 0 atom stereocenters. The van der Waals surface area contributed by atoms with Gasteiger partial charge in [-0.2, -0.15) is 0 Å². The lowest BCUT2D eigenvalue weighted by Gasteiger charge is -2.07. The maximum Gasteiger partial charge on any atom is 0.137 e. The third-order valence-electron chi connectivity index (χ3n) is 2.20. The standard InChI is InChI=1S/C12H10BrCl2NOS/c13-8-1-2-11(10(15)5-8)17-4-3-12-16-9(6-14)7-18-12/h1-2,5,7H,3-4,6H2. The molecule has 0 aliphatic carbocycles. The van der Waals surface area contributed by atoms with Crippen LogP contribution >= 0.6 is 50.5 Å². The third-order valence-corrected chi connectivity index (χ3v) is 4.22. The summed E-state index contributed by atoms with van der Waals surface area (Å²) in [4.78, 5) is 4.36. The minimum absolute atomic E-state index is 0.454. The molecule has 1 aromatic heterocycles. The van der Waals surface area contributed by atoms with Gasteiger partial charge >= 0.3 is 0 Å². The number of halogens is 3. The number of alkyl halides is 1. The summed E-state index contributed by atoms with van der Waals surface area (Å²) in [7, 11) is 0. The molecule has 96 valence electrons. The van der Waals surface area contributed by atoms with Crippen molar-refractivity contribution in [2.75, 3.05) is 6.61 Å². The van der Waals surface area contributed by atoms with E-state index < -0.39 is 0 Å². The Morgan fingerprint density at radius 1 is 1.39 bits per heavy atom. The summed E-state index contributed by atoms with van der Waals surface area (Å²) < 4.78 is 6.56. The minimum atomic E-state index is 0.454. The van der Waals surface area contributed by atoms with Crippen molar-refractivity contribution in [2.24, 2.45) is 0 Å². The van der Waals surface area contributed by atoms with E-state index in [1.165, 1.54) is 0 Å². The van der Waals surface area contributed by atoms with Gasteiger partial charge in [-0.25, -0.2) is 4.98 Å². The number of aromatic nitrogens is 1. The zero-order valence-corrected chi connectivity index (χ0v) is 13.2. The summed E-state index contributed by atoms with van der Waals surface area (Å²) >= 11 is 16.7. The molecule has 0 amide bonds. The van der Waals surface area contributed by atoms with Crippen LogP contribution in [0.2, 0.25) is 5.02 Å². The van der Waals surface area contributed by atoms with E-state index in [0.29, 0.717) is 23.3 Å². The van der Waals surface area contributed by atoms with E-state index in [1.807, 2.05) is 23.6 Å². The molecule has 1 aromatic carbocycles. The predicted octanol–water partition coefficient (Wildman–Crippen LogP) is 4.92. The number of hydrogen-bond acceptors (Lipinski definition) is 3. The lowest BCUT2D eigenvalue weighted by molar-refractivity contribution is 0.322. The van der Waals surface area contributed by atoms with Crippen LogP contribution in [0.4, 0.5) is 0 Å². The quantitative estimate of drug-likeness (QED) is 0.700. The zero-order chi connectivity index (χ0) is 13.0. The van der Waals surface area contributed by atoms with Crippen molar-refractivity contribution in [1.29, 1.82) is 0 Å². The van der Waals surface area contributed by atoms with Crippen LogP contribution in [0.3, 0.4) is 0 Å². The summed E-state index contributed by atoms with van der Waals surface area (Å²) in [5, 5.41) is 3.60. The molecule has 0 aliphatic heterocycles. The molecular formula is C12H10BrCl2NOS. The summed E-state index contributed by atoms with van der Waals surface area (Å²) in [5.41, 5.74) is 0.915. The zero-order valence-electron chi connectivity index (χ0n) is 9.33. The number of hydrogen-bond donors (Lipinski definition) is 0. The predicted molar refractivity (Wildman–Crippen MR) is 80.0 cm³/mol. The largest absolute Gasteiger partial charge is 0.492 e. The number of ether oxygens (including phenoxy) is 1. The van der Waals surface area contributed by atoms with E-state index >= 15 is 0 Å². The molecule has 0 saturated heterocycles. The molecule has 2 nitrogen and oxygen atoms in total. The van der Waals surface area contributed by atoms with Gasteiger partial charge in [0.15, 0.2) is 0 Å². The fraction of sp³-hybridized carbons (Fsp3) is 0.250. The lowest BCUT2D eigenvalue weighted by atomic mass is 10.3. The van der Waals surface area contributed by atoms with Crippen LogP contribution in [0.5, 0.6) is 5.75 Å². The first-order valence-corrected chi connectivity index (χ1v) is 7.84. The van der Waals surface area contributed by atoms with Crippen LogP contribution in [0, 0.1) is 0 Å². The van der Waals surface area contributed by atoms with E-state index in [2.05, 4.69) is 20.9 Å². The molecule has 18 heavy (non-hydrogen) atoms. The first kappa shape index (κ1) is 14.1. The molecule has 1 heterocycles. The highest BCUT2D eigenvalue weighted by Crippen LogP contribution is 2.27. The van der Waals surface area contributed by atoms with Crippen LogP contribution in [-0.4, -0.2) is 11.6 Å². The molecule has 0 bridgehead atoms. The molecule has 0 radical (unpaired) electrons. The van der Waals surface area contributed by atoms with Crippen molar-refractivity contribution in [1.82, 2.24) is 4.98 Å². The summed E-state index contributed by atoms with van der Waals surface area (Å²) in [6, 6.07) is 5.56. The maximum atomic E-state index is 6.05. The topological polar surface area (TPSA) is 22.1 Å². The molecular weight excluding hydrogens is 357 g/mol. The smallest absolute Gasteiger partial charge is 0.137 e. The molecule has 0 spiro atoms. The highest BCUT2D eigenvalue weighted by atomic mass is 79.9. The van der Waals surface area contributed by atoms with Gasteiger partial charge in [-0.05, 0) is 18.2 Å². The third kappa shape index (κ3) is 3.85. The SMILES string of the molecule is ClCc1csc(CCOc2ccc(Br)cc2Cl)n1. The molecule has 0 fully saturated rings. The van der Waals surface area contributed by atoms with Crippen LogP contribution in [-0.2, 0) is 12.3 Å². The van der Waals surface area contributed by atoms with Crippen LogP contribution < -0.4 is 4.74 Å². The van der Waals surface area contributed by atoms with Gasteiger partial charge in [-0.15, -0.1) is 22.9 Å². The summed E-state index contributed by atoms with van der Waals surface area (Å²) in [6.07, 6.45) is 0.758. The summed E-state index contributed by atoms with van der Waals surface area (Å²) in [5.74, 6) is 1.14. The van der Waals surface area contributed by atoms with E-state index in [9.17, 15) is 0 Å². The fourth-order valence-corrected chi connectivity index (χ4v) is 3.10. The normalized spacial score (nSPS) is 10.6. The van der Waals surface area contributed by atoms with Gasteiger partial charge in [0, 0.05) is 16.3 Å². The number of rotatable bonds is 5. The Hall–Kier alpha value is -0.290. The first-order chi connectivity index (χ1) is 8.69. The number of thiazole rings is 1. The second-order valence-electron chi connectivity index (χ2n) is 3.54. The van der Waals surface area contributed by atoms with Crippen molar-refractivity contribution >= 4 is 50.5 Å². The maximum absolute atomic E-state index is 6.05. The van der Waals surface area contributed by atoms with E-state index in [-0.39, 0.29) is 0 Å². The van der Waals surface area contributed by atoms with Gasteiger partial charge in [-0.1, -0.05) is 27.5 Å². The summed E-state index contributed by atoms with van der Waals surface area (Å²) in [6.45, 7) is 0.552. The molecule has 0 N–H and O–H groups in total. The van der Waals surface area contributed by atoms with Crippen molar-refractivity contribution in [2.45, 2.75) is 12.3 Å². The molecule has 0 unspecified atom stereocenters. The Morgan fingerprint density at radius 3 is 2.89 bits per heavy atom. The van der Waals surface area contributed by atoms with E-state index in [1.54, 1.807) is 11.3 Å². The molecule has 6 heteroatoms. The van der Waals surface area contributed by atoms with Gasteiger partial charge in [0.05, 0.1) is 28.2 Å². The van der Waals surface area contributed by atoms with Crippen molar-refractivity contribution in [3.63, 3.8) is 0 Å². The second kappa shape index (κ2) is 6.75. The van der Waals surface area contributed by atoms with E-state index in [0.717, 1.165) is 21.6 Å². The molecule has 0 aliphatic rings. The Labute approximate surface area is 128 Å². The monoisotopic (exact) mass is 365 g/mol. The lowest BCUT2D eigenvalue weighted by Crippen LogP contribution is -2.01. The van der Waals surface area contributed by atoms with Crippen LogP contribution in [0.1, 0.15) is 10.7 Å². The fourth-order valence-electron chi connectivity index (χ4n) is 1.37. The Kier molecular flexibility index (Phi) is 5.30. The van der Waals surface area contributed by atoms with Crippen LogP contribution in [0.15, 0.2) is 28.1 Å². The van der Waals surface area contributed by atoms with Crippen molar-refractivity contribution in [3.05, 3.63) is 43.8 Å². The average molecular weight is 367 g/mol. The van der Waals surface area contributed by atoms with Gasteiger partial charge in [0.1, 0.15) is 5.75 Å². The van der Waals surface area contributed by atoms with Gasteiger partial charge in [-0.3, -0.25) is 0 Å². The van der Waals surface area contributed by atoms with Crippen LogP contribution in [0.25, 0.3) is 0 Å². The highest BCUT2D eigenvalue weighted by molar-refractivity contribution is 9.10. The van der Waals surface area contributed by atoms with Gasteiger partial charge < -0.3 is 4.74 Å². The van der Waals surface area contributed by atoms with Crippen molar-refractivity contribution < 1.29 is 4.74 Å². The van der Waals surface area contributed by atoms with Gasteiger partial charge in [0.25, 0.3) is 0 Å². The molecule has 0 saturated carbocycles. The minimum Gasteiger partial charge on any atom is -0.492 e. The Morgan fingerprint density at radius 2 is 2.22 bits per heavy atom. The van der Waals surface area contributed by atoms with Gasteiger partial charge in [0.2, 0.25) is 0 Å². The molecule has 2 aromatic rings.